The number of rotatable bonds is 4. The highest BCUT2D eigenvalue weighted by Gasteiger charge is 2.17. The molecule has 1 aromatic heterocycles. The topological polar surface area (TPSA) is 63.2 Å². The standard InChI is InChI=1S/C20H21N5O/c1-15-7-9-17(10-8-15)21-19-22-18(16-5-3-2-4-6-16)23-20(24-19)25-11-13-26-14-12-25/h2-10H,11-14H2,1H3,(H,21,22,23,24). The number of hydrogen-bond donors (Lipinski definition) is 1. The highest BCUT2D eigenvalue weighted by Crippen LogP contribution is 2.22. The molecule has 4 rings (SSSR count). The Kier molecular flexibility index (Phi) is 4.75. The molecule has 0 saturated carbocycles. The van der Waals surface area contributed by atoms with E-state index in [0.29, 0.717) is 30.9 Å². The Hall–Kier alpha value is -2.99. The van der Waals surface area contributed by atoms with Crippen molar-refractivity contribution in [2.45, 2.75) is 6.92 Å². The van der Waals surface area contributed by atoms with Crippen molar-refractivity contribution in [3.05, 3.63) is 60.2 Å². The molecule has 2 heterocycles. The first-order valence-corrected chi connectivity index (χ1v) is 8.76. The van der Waals surface area contributed by atoms with Crippen molar-refractivity contribution in [2.24, 2.45) is 0 Å². The van der Waals surface area contributed by atoms with Crippen LogP contribution in [0.3, 0.4) is 0 Å². The van der Waals surface area contributed by atoms with Crippen LogP contribution in [0.1, 0.15) is 5.56 Å². The molecular weight excluding hydrogens is 326 g/mol. The van der Waals surface area contributed by atoms with Gasteiger partial charge in [-0.2, -0.15) is 15.0 Å². The third-order valence-electron chi connectivity index (χ3n) is 4.26. The predicted octanol–water partition coefficient (Wildman–Crippen LogP) is 3.43. The molecule has 1 saturated heterocycles. The van der Waals surface area contributed by atoms with Crippen molar-refractivity contribution < 1.29 is 4.74 Å². The van der Waals surface area contributed by atoms with E-state index in [1.807, 2.05) is 42.5 Å². The largest absolute Gasteiger partial charge is 0.378 e. The zero-order valence-electron chi connectivity index (χ0n) is 14.7. The monoisotopic (exact) mass is 347 g/mol. The van der Waals surface area contributed by atoms with Gasteiger partial charge >= 0.3 is 0 Å². The van der Waals surface area contributed by atoms with Crippen LogP contribution in [-0.4, -0.2) is 41.3 Å². The zero-order chi connectivity index (χ0) is 17.8. The molecule has 0 unspecified atom stereocenters. The Balaban J connectivity index is 1.70. The normalized spacial score (nSPS) is 14.3. The summed E-state index contributed by atoms with van der Waals surface area (Å²) in [6, 6.07) is 18.1. The second-order valence-electron chi connectivity index (χ2n) is 6.24. The molecule has 0 amide bonds. The van der Waals surface area contributed by atoms with Crippen LogP contribution in [0.4, 0.5) is 17.6 Å². The van der Waals surface area contributed by atoms with Gasteiger partial charge in [0.2, 0.25) is 11.9 Å². The van der Waals surface area contributed by atoms with Gasteiger partial charge in [-0.15, -0.1) is 0 Å². The molecule has 3 aromatic rings. The van der Waals surface area contributed by atoms with Crippen LogP contribution in [0, 0.1) is 6.92 Å². The van der Waals surface area contributed by atoms with Gasteiger partial charge in [-0.25, -0.2) is 0 Å². The van der Waals surface area contributed by atoms with E-state index in [4.69, 9.17) is 9.72 Å². The van der Waals surface area contributed by atoms with Gasteiger partial charge in [-0.1, -0.05) is 48.0 Å². The van der Waals surface area contributed by atoms with Gasteiger partial charge in [0.25, 0.3) is 0 Å². The maximum absolute atomic E-state index is 5.44. The average Bonchev–Trinajstić information content (AvgIpc) is 2.71. The molecule has 0 radical (unpaired) electrons. The highest BCUT2D eigenvalue weighted by molar-refractivity contribution is 5.61. The van der Waals surface area contributed by atoms with E-state index in [-0.39, 0.29) is 0 Å². The minimum atomic E-state index is 0.546. The number of aryl methyl sites for hydroxylation is 1. The molecule has 2 aromatic carbocycles. The van der Waals surface area contributed by atoms with E-state index < -0.39 is 0 Å². The van der Waals surface area contributed by atoms with Crippen molar-refractivity contribution in [2.75, 3.05) is 36.5 Å². The van der Waals surface area contributed by atoms with Crippen LogP contribution in [0.15, 0.2) is 54.6 Å². The molecule has 6 heteroatoms. The summed E-state index contributed by atoms with van der Waals surface area (Å²) in [7, 11) is 0. The lowest BCUT2D eigenvalue weighted by molar-refractivity contribution is 0.122. The fourth-order valence-corrected chi connectivity index (χ4v) is 2.81. The summed E-state index contributed by atoms with van der Waals surface area (Å²) < 4.78 is 5.44. The van der Waals surface area contributed by atoms with E-state index >= 15 is 0 Å². The summed E-state index contributed by atoms with van der Waals surface area (Å²) in [6.45, 7) is 5.00. The fraction of sp³-hybridized carbons (Fsp3) is 0.250. The summed E-state index contributed by atoms with van der Waals surface area (Å²) in [5, 5.41) is 3.30. The van der Waals surface area contributed by atoms with Crippen LogP contribution in [0.25, 0.3) is 11.4 Å². The Morgan fingerprint density at radius 1 is 0.885 bits per heavy atom. The molecule has 132 valence electrons. The Labute approximate surface area is 152 Å². The molecule has 0 bridgehead atoms. The molecule has 1 N–H and O–H groups in total. The smallest absolute Gasteiger partial charge is 0.232 e. The van der Waals surface area contributed by atoms with Gasteiger partial charge in [0.05, 0.1) is 13.2 Å². The molecular formula is C20H21N5O. The minimum absolute atomic E-state index is 0.546. The van der Waals surface area contributed by atoms with Crippen molar-refractivity contribution in [3.63, 3.8) is 0 Å². The number of nitrogens with one attached hydrogen (secondary N) is 1. The summed E-state index contributed by atoms with van der Waals surface area (Å²) in [5.74, 6) is 1.89. The molecule has 6 nitrogen and oxygen atoms in total. The molecule has 0 spiro atoms. The third kappa shape index (κ3) is 3.81. The molecule has 1 aliphatic rings. The summed E-state index contributed by atoms with van der Waals surface area (Å²) in [6.07, 6.45) is 0. The van der Waals surface area contributed by atoms with Gasteiger partial charge in [0, 0.05) is 24.3 Å². The van der Waals surface area contributed by atoms with E-state index in [9.17, 15) is 0 Å². The summed E-state index contributed by atoms with van der Waals surface area (Å²) in [5.41, 5.74) is 3.13. The zero-order valence-corrected chi connectivity index (χ0v) is 14.7. The van der Waals surface area contributed by atoms with Crippen LogP contribution in [-0.2, 0) is 4.74 Å². The fourth-order valence-electron chi connectivity index (χ4n) is 2.81. The van der Waals surface area contributed by atoms with Gasteiger partial charge in [-0.05, 0) is 19.1 Å². The lowest BCUT2D eigenvalue weighted by atomic mass is 10.2. The predicted molar refractivity (Wildman–Crippen MR) is 103 cm³/mol. The number of hydrogen-bond acceptors (Lipinski definition) is 6. The number of anilines is 3. The summed E-state index contributed by atoms with van der Waals surface area (Å²) >= 11 is 0. The Bertz CT molecular complexity index is 861. The van der Waals surface area contributed by atoms with Crippen molar-refractivity contribution in [1.82, 2.24) is 15.0 Å². The number of benzene rings is 2. The minimum Gasteiger partial charge on any atom is -0.378 e. The van der Waals surface area contributed by atoms with Crippen molar-refractivity contribution >= 4 is 17.6 Å². The number of aromatic nitrogens is 3. The van der Waals surface area contributed by atoms with Gasteiger partial charge in [-0.3, -0.25) is 0 Å². The lowest BCUT2D eigenvalue weighted by Crippen LogP contribution is -2.37. The van der Waals surface area contributed by atoms with E-state index in [0.717, 1.165) is 24.3 Å². The van der Waals surface area contributed by atoms with Crippen molar-refractivity contribution in [3.8, 4) is 11.4 Å². The first kappa shape index (κ1) is 16.5. The van der Waals surface area contributed by atoms with E-state index in [1.165, 1.54) is 5.56 Å². The maximum Gasteiger partial charge on any atom is 0.232 e. The van der Waals surface area contributed by atoms with Gasteiger partial charge < -0.3 is 15.0 Å². The molecule has 0 atom stereocenters. The van der Waals surface area contributed by atoms with E-state index in [2.05, 4.69) is 39.2 Å². The Morgan fingerprint density at radius 3 is 2.35 bits per heavy atom. The average molecular weight is 347 g/mol. The van der Waals surface area contributed by atoms with Crippen LogP contribution in [0.2, 0.25) is 0 Å². The molecule has 0 aliphatic carbocycles. The summed E-state index contributed by atoms with van der Waals surface area (Å²) in [4.78, 5) is 16.1. The first-order chi connectivity index (χ1) is 12.8. The second kappa shape index (κ2) is 7.49. The number of morpholine rings is 1. The molecule has 26 heavy (non-hydrogen) atoms. The van der Waals surface area contributed by atoms with E-state index in [1.54, 1.807) is 0 Å². The molecule has 1 fully saturated rings. The first-order valence-electron chi connectivity index (χ1n) is 8.76. The maximum atomic E-state index is 5.44. The number of ether oxygens (including phenoxy) is 1. The van der Waals surface area contributed by atoms with Gasteiger partial charge in [0.15, 0.2) is 5.82 Å². The van der Waals surface area contributed by atoms with Crippen LogP contribution >= 0.6 is 0 Å². The quantitative estimate of drug-likeness (QED) is 0.780. The highest BCUT2D eigenvalue weighted by atomic mass is 16.5. The van der Waals surface area contributed by atoms with Crippen molar-refractivity contribution in [1.29, 1.82) is 0 Å². The van der Waals surface area contributed by atoms with Crippen LogP contribution in [0.5, 0.6) is 0 Å². The van der Waals surface area contributed by atoms with Gasteiger partial charge in [0.1, 0.15) is 0 Å². The molecule has 1 aliphatic heterocycles. The van der Waals surface area contributed by atoms with Crippen LogP contribution < -0.4 is 10.2 Å². The Morgan fingerprint density at radius 2 is 1.62 bits per heavy atom. The number of nitrogens with zero attached hydrogens (tertiary/aromatic N) is 4. The third-order valence-corrected chi connectivity index (χ3v) is 4.26. The SMILES string of the molecule is Cc1ccc(Nc2nc(-c3ccccc3)nc(N3CCOCC3)n2)cc1. The second-order valence-corrected chi connectivity index (χ2v) is 6.24. The lowest BCUT2D eigenvalue weighted by Gasteiger charge is -2.27.